The molecule has 0 saturated carbocycles. The molecule has 5 nitrogen and oxygen atoms in total. The minimum atomic E-state index is -1.18. The summed E-state index contributed by atoms with van der Waals surface area (Å²) >= 11 is 5.62. The second kappa shape index (κ2) is 8.43. The zero-order chi connectivity index (χ0) is 18.4. The first kappa shape index (κ1) is 18.7. The Morgan fingerprint density at radius 1 is 1.20 bits per heavy atom. The fourth-order valence-electron chi connectivity index (χ4n) is 1.81. The number of amides is 1. The molecule has 0 saturated heterocycles. The van der Waals surface area contributed by atoms with Gasteiger partial charge < -0.3 is 14.8 Å². The normalized spacial score (nSPS) is 11.5. The average molecular weight is 370 g/mol. The van der Waals surface area contributed by atoms with Crippen molar-refractivity contribution in [3.63, 3.8) is 0 Å². The van der Waals surface area contributed by atoms with Crippen molar-refractivity contribution in [2.45, 2.75) is 13.0 Å². The van der Waals surface area contributed by atoms with Gasteiger partial charge in [-0.2, -0.15) is 0 Å². The molecule has 1 atom stereocenters. The van der Waals surface area contributed by atoms with Gasteiger partial charge in [-0.15, -0.1) is 0 Å². The van der Waals surface area contributed by atoms with E-state index < -0.39 is 36.2 Å². The van der Waals surface area contributed by atoms with E-state index in [1.54, 1.807) is 0 Å². The molecule has 1 N–H and O–H groups in total. The van der Waals surface area contributed by atoms with Crippen LogP contribution < -0.4 is 10.1 Å². The molecule has 8 heteroatoms. The van der Waals surface area contributed by atoms with E-state index in [1.807, 2.05) is 0 Å². The van der Waals surface area contributed by atoms with Gasteiger partial charge in [-0.05, 0) is 37.3 Å². The number of esters is 1. The highest BCUT2D eigenvalue weighted by atomic mass is 35.5. The zero-order valence-corrected chi connectivity index (χ0v) is 13.8. The SMILES string of the molecule is CC(OC(=O)COc1cccc(F)c1)C(=O)Nc1ccc(Cl)cc1F. The van der Waals surface area contributed by atoms with Gasteiger partial charge in [-0.3, -0.25) is 4.79 Å². The van der Waals surface area contributed by atoms with E-state index in [0.717, 1.165) is 12.1 Å². The molecule has 1 unspecified atom stereocenters. The van der Waals surface area contributed by atoms with Crippen molar-refractivity contribution in [1.82, 2.24) is 0 Å². The van der Waals surface area contributed by atoms with Gasteiger partial charge >= 0.3 is 5.97 Å². The molecule has 0 aliphatic heterocycles. The highest BCUT2D eigenvalue weighted by Gasteiger charge is 2.19. The number of ether oxygens (including phenoxy) is 2. The van der Waals surface area contributed by atoms with Crippen molar-refractivity contribution >= 4 is 29.2 Å². The number of nitrogens with one attached hydrogen (secondary N) is 1. The van der Waals surface area contributed by atoms with Gasteiger partial charge in [0, 0.05) is 11.1 Å². The standard InChI is InChI=1S/C17H14ClF2NO4/c1-10(17(23)21-15-6-5-11(18)7-14(15)20)25-16(22)9-24-13-4-2-3-12(19)8-13/h2-8,10H,9H2,1H3,(H,21,23). The van der Waals surface area contributed by atoms with E-state index >= 15 is 0 Å². The summed E-state index contributed by atoms with van der Waals surface area (Å²) in [5.74, 6) is -2.63. The Kier molecular flexibility index (Phi) is 6.30. The van der Waals surface area contributed by atoms with E-state index in [0.29, 0.717) is 0 Å². The largest absolute Gasteiger partial charge is 0.482 e. The summed E-state index contributed by atoms with van der Waals surface area (Å²) in [7, 11) is 0. The molecule has 1 amide bonds. The minimum Gasteiger partial charge on any atom is -0.482 e. The van der Waals surface area contributed by atoms with Crippen LogP contribution in [-0.4, -0.2) is 24.6 Å². The fourth-order valence-corrected chi connectivity index (χ4v) is 1.97. The lowest BCUT2D eigenvalue weighted by Gasteiger charge is -2.14. The first-order valence-corrected chi connectivity index (χ1v) is 7.56. The number of hydrogen-bond acceptors (Lipinski definition) is 4. The van der Waals surface area contributed by atoms with Gasteiger partial charge in [0.15, 0.2) is 12.7 Å². The highest BCUT2D eigenvalue weighted by Crippen LogP contribution is 2.19. The van der Waals surface area contributed by atoms with Crippen LogP contribution in [0.25, 0.3) is 0 Å². The molecule has 2 rings (SSSR count). The molecule has 0 fully saturated rings. The molecule has 0 aromatic heterocycles. The minimum absolute atomic E-state index is 0.0895. The van der Waals surface area contributed by atoms with Gasteiger partial charge in [0.25, 0.3) is 5.91 Å². The summed E-state index contributed by atoms with van der Waals surface area (Å²) < 4.78 is 36.5. The molecular weight excluding hydrogens is 356 g/mol. The predicted octanol–water partition coefficient (Wildman–Crippen LogP) is 3.57. The Labute approximate surface area is 147 Å². The van der Waals surface area contributed by atoms with Crippen LogP contribution in [-0.2, 0) is 14.3 Å². The van der Waals surface area contributed by atoms with Crippen LogP contribution in [0.5, 0.6) is 5.75 Å². The summed E-state index contributed by atoms with van der Waals surface area (Å²) in [4.78, 5) is 23.6. The van der Waals surface area contributed by atoms with Crippen molar-refractivity contribution in [1.29, 1.82) is 0 Å². The number of halogens is 3. The highest BCUT2D eigenvalue weighted by molar-refractivity contribution is 6.30. The van der Waals surface area contributed by atoms with Crippen LogP contribution in [0.2, 0.25) is 5.02 Å². The van der Waals surface area contributed by atoms with Gasteiger partial charge in [0.2, 0.25) is 0 Å². The Bertz CT molecular complexity index is 785. The molecule has 0 aliphatic rings. The number of carbonyl (C=O) groups is 2. The number of carbonyl (C=O) groups excluding carboxylic acids is 2. The number of rotatable bonds is 6. The number of benzene rings is 2. The maximum absolute atomic E-state index is 13.6. The van der Waals surface area contributed by atoms with Gasteiger partial charge in [-0.25, -0.2) is 13.6 Å². The first-order valence-electron chi connectivity index (χ1n) is 7.19. The molecule has 0 bridgehead atoms. The third-order valence-corrected chi connectivity index (χ3v) is 3.25. The average Bonchev–Trinajstić information content (AvgIpc) is 2.55. The second-order valence-corrected chi connectivity index (χ2v) is 5.43. The van der Waals surface area contributed by atoms with E-state index in [-0.39, 0.29) is 16.5 Å². The summed E-state index contributed by atoms with van der Waals surface area (Å²) in [6.07, 6.45) is -1.18. The van der Waals surface area contributed by atoms with Crippen molar-refractivity contribution in [3.05, 3.63) is 59.1 Å². The monoisotopic (exact) mass is 369 g/mol. The predicted molar refractivity (Wildman–Crippen MR) is 87.5 cm³/mol. The second-order valence-electron chi connectivity index (χ2n) is 4.99. The van der Waals surface area contributed by atoms with Crippen molar-refractivity contribution < 1.29 is 27.8 Å². The van der Waals surface area contributed by atoms with Crippen molar-refractivity contribution in [2.24, 2.45) is 0 Å². The smallest absolute Gasteiger partial charge is 0.344 e. The molecule has 2 aromatic rings. The van der Waals surface area contributed by atoms with E-state index in [1.165, 1.54) is 37.3 Å². The molecule has 2 aromatic carbocycles. The first-order chi connectivity index (χ1) is 11.8. The van der Waals surface area contributed by atoms with E-state index in [4.69, 9.17) is 21.1 Å². The lowest BCUT2D eigenvalue weighted by Crippen LogP contribution is -2.32. The van der Waals surface area contributed by atoms with Crippen LogP contribution in [0.4, 0.5) is 14.5 Å². The summed E-state index contributed by atoms with van der Waals surface area (Å²) in [6, 6.07) is 8.96. The number of anilines is 1. The lowest BCUT2D eigenvalue weighted by molar-refractivity contribution is -0.155. The van der Waals surface area contributed by atoms with Crippen LogP contribution in [0, 0.1) is 11.6 Å². The summed E-state index contributed by atoms with van der Waals surface area (Å²) in [6.45, 7) is 0.819. The Morgan fingerprint density at radius 2 is 1.96 bits per heavy atom. The Morgan fingerprint density at radius 3 is 2.64 bits per heavy atom. The van der Waals surface area contributed by atoms with Crippen molar-refractivity contribution in [3.8, 4) is 5.75 Å². The van der Waals surface area contributed by atoms with E-state index in [2.05, 4.69) is 5.32 Å². The number of hydrogen-bond donors (Lipinski definition) is 1. The fraction of sp³-hybridized carbons (Fsp3) is 0.176. The third kappa shape index (κ3) is 5.72. The summed E-state index contributed by atoms with van der Waals surface area (Å²) in [5, 5.41) is 2.47. The van der Waals surface area contributed by atoms with Gasteiger partial charge in [0.05, 0.1) is 5.69 Å². The van der Waals surface area contributed by atoms with E-state index in [9.17, 15) is 18.4 Å². The Hall–Kier alpha value is -2.67. The molecule has 0 heterocycles. The zero-order valence-electron chi connectivity index (χ0n) is 13.1. The molecular formula is C17H14ClF2NO4. The molecule has 0 aliphatic carbocycles. The quantitative estimate of drug-likeness (QED) is 0.791. The van der Waals surface area contributed by atoms with Crippen molar-refractivity contribution in [2.75, 3.05) is 11.9 Å². The molecule has 25 heavy (non-hydrogen) atoms. The van der Waals surface area contributed by atoms with Crippen LogP contribution >= 0.6 is 11.6 Å². The van der Waals surface area contributed by atoms with Crippen LogP contribution in [0.3, 0.4) is 0 Å². The van der Waals surface area contributed by atoms with Crippen LogP contribution in [0.15, 0.2) is 42.5 Å². The maximum Gasteiger partial charge on any atom is 0.344 e. The molecule has 0 spiro atoms. The third-order valence-electron chi connectivity index (χ3n) is 3.02. The Balaban J connectivity index is 1.84. The molecule has 132 valence electrons. The van der Waals surface area contributed by atoms with Crippen LogP contribution in [0.1, 0.15) is 6.92 Å². The maximum atomic E-state index is 13.6. The van der Waals surface area contributed by atoms with Gasteiger partial charge in [0.1, 0.15) is 17.4 Å². The summed E-state index contributed by atoms with van der Waals surface area (Å²) in [5.41, 5.74) is -0.0895. The lowest BCUT2D eigenvalue weighted by atomic mass is 10.3. The molecule has 0 radical (unpaired) electrons. The topological polar surface area (TPSA) is 64.6 Å². The van der Waals surface area contributed by atoms with Gasteiger partial charge in [-0.1, -0.05) is 17.7 Å².